The van der Waals surface area contributed by atoms with Crippen molar-refractivity contribution >= 4 is 5.91 Å². The summed E-state index contributed by atoms with van der Waals surface area (Å²) in [5.74, 6) is 0.0995. The number of carbonyl (C=O) groups is 1. The molecule has 1 heterocycles. The van der Waals surface area contributed by atoms with Gasteiger partial charge in [0, 0.05) is 14.1 Å². The first kappa shape index (κ1) is 6.73. The van der Waals surface area contributed by atoms with E-state index in [1.54, 1.807) is 14.1 Å². The zero-order valence-corrected chi connectivity index (χ0v) is 5.83. The molecule has 0 unspecified atom stereocenters. The number of hydrogen-bond donors (Lipinski definition) is 1. The van der Waals surface area contributed by atoms with Crippen LogP contribution in [0, 0.1) is 0 Å². The van der Waals surface area contributed by atoms with Crippen LogP contribution in [0.25, 0.3) is 0 Å². The van der Waals surface area contributed by atoms with E-state index in [1.807, 2.05) is 0 Å². The van der Waals surface area contributed by atoms with Gasteiger partial charge in [-0.25, -0.2) is 9.67 Å². The van der Waals surface area contributed by atoms with E-state index in [9.17, 15) is 4.79 Å². The maximum atomic E-state index is 10.9. The van der Waals surface area contributed by atoms with E-state index < -0.39 is 0 Å². The average molecular weight is 140 g/mol. The van der Waals surface area contributed by atoms with Crippen molar-refractivity contribution in [3.05, 3.63) is 12.2 Å². The quantitative estimate of drug-likeness (QED) is 0.554. The molecule has 1 aromatic rings. The Morgan fingerprint density at radius 3 is 2.90 bits per heavy atom. The highest BCUT2D eigenvalue weighted by atomic mass is 16.2. The van der Waals surface area contributed by atoms with Gasteiger partial charge in [-0.3, -0.25) is 4.79 Å². The van der Waals surface area contributed by atoms with Gasteiger partial charge < -0.3 is 5.32 Å². The van der Waals surface area contributed by atoms with Crippen molar-refractivity contribution in [3.63, 3.8) is 0 Å². The van der Waals surface area contributed by atoms with Crippen molar-refractivity contribution < 1.29 is 4.79 Å². The molecule has 0 bridgehead atoms. The van der Waals surface area contributed by atoms with Gasteiger partial charge >= 0.3 is 0 Å². The number of amides is 1. The summed E-state index contributed by atoms with van der Waals surface area (Å²) < 4.78 is 1.42. The molecule has 0 aromatic carbocycles. The van der Waals surface area contributed by atoms with Crippen LogP contribution in [0.2, 0.25) is 0 Å². The van der Waals surface area contributed by atoms with Gasteiger partial charge in [-0.05, 0) is 0 Å². The van der Waals surface area contributed by atoms with E-state index in [0.717, 1.165) is 0 Å². The van der Waals surface area contributed by atoms with Crippen LogP contribution < -0.4 is 5.32 Å². The first-order valence-corrected chi connectivity index (χ1v) is 2.81. The molecule has 0 radical (unpaired) electrons. The minimum absolute atomic E-state index is 0.222. The van der Waals surface area contributed by atoms with Crippen LogP contribution in [0.1, 0.15) is 10.6 Å². The SMILES string of the molecule is CNC(=O)c1ncnn1C. The summed E-state index contributed by atoms with van der Waals surface area (Å²) >= 11 is 0. The molecule has 0 spiro atoms. The molecular weight excluding hydrogens is 132 g/mol. The second-order valence-electron chi connectivity index (χ2n) is 1.79. The fourth-order valence-corrected chi connectivity index (χ4v) is 0.614. The standard InChI is InChI=1S/C5H8N4O/c1-6-5(10)4-7-3-8-9(4)2/h3H,1-2H3,(H,6,10). The van der Waals surface area contributed by atoms with Gasteiger partial charge in [0.05, 0.1) is 0 Å². The van der Waals surface area contributed by atoms with Crippen LogP contribution in [0.15, 0.2) is 6.33 Å². The number of aromatic nitrogens is 3. The van der Waals surface area contributed by atoms with E-state index in [1.165, 1.54) is 11.0 Å². The van der Waals surface area contributed by atoms with Gasteiger partial charge in [0.1, 0.15) is 6.33 Å². The van der Waals surface area contributed by atoms with Gasteiger partial charge in [0.15, 0.2) is 0 Å². The van der Waals surface area contributed by atoms with Crippen molar-refractivity contribution in [1.29, 1.82) is 0 Å². The topological polar surface area (TPSA) is 59.8 Å². The molecule has 0 atom stereocenters. The third-order valence-corrected chi connectivity index (χ3v) is 1.14. The lowest BCUT2D eigenvalue weighted by atomic mass is 10.6. The van der Waals surface area contributed by atoms with Crippen LogP contribution in [-0.4, -0.2) is 27.7 Å². The van der Waals surface area contributed by atoms with E-state index in [-0.39, 0.29) is 5.91 Å². The van der Waals surface area contributed by atoms with Crippen molar-refractivity contribution in [2.45, 2.75) is 0 Å². The van der Waals surface area contributed by atoms with E-state index in [0.29, 0.717) is 5.82 Å². The predicted octanol–water partition coefficient (Wildman–Crippen LogP) is -0.825. The highest BCUT2D eigenvalue weighted by Gasteiger charge is 2.07. The summed E-state index contributed by atoms with van der Waals surface area (Å²) in [7, 11) is 3.22. The average Bonchev–Trinajstić information content (AvgIpc) is 2.34. The van der Waals surface area contributed by atoms with Crippen LogP contribution in [0.5, 0.6) is 0 Å². The largest absolute Gasteiger partial charge is 0.352 e. The van der Waals surface area contributed by atoms with E-state index in [4.69, 9.17) is 0 Å². The number of nitrogens with one attached hydrogen (secondary N) is 1. The van der Waals surface area contributed by atoms with Crippen molar-refractivity contribution in [1.82, 2.24) is 20.1 Å². The molecule has 5 nitrogen and oxygen atoms in total. The Balaban J connectivity index is 2.93. The zero-order chi connectivity index (χ0) is 7.56. The summed E-state index contributed by atoms with van der Waals surface area (Å²) in [6.07, 6.45) is 1.34. The number of carbonyl (C=O) groups excluding carboxylic acids is 1. The highest BCUT2D eigenvalue weighted by Crippen LogP contribution is 1.87. The minimum Gasteiger partial charge on any atom is -0.352 e. The third kappa shape index (κ3) is 0.975. The second kappa shape index (κ2) is 2.47. The van der Waals surface area contributed by atoms with Gasteiger partial charge in [-0.1, -0.05) is 0 Å². The number of rotatable bonds is 1. The fourth-order valence-electron chi connectivity index (χ4n) is 0.614. The lowest BCUT2D eigenvalue weighted by Crippen LogP contribution is -2.22. The van der Waals surface area contributed by atoms with E-state index >= 15 is 0 Å². The first-order chi connectivity index (χ1) is 4.75. The van der Waals surface area contributed by atoms with E-state index in [2.05, 4.69) is 15.4 Å². The maximum Gasteiger partial charge on any atom is 0.288 e. The Hall–Kier alpha value is -1.39. The van der Waals surface area contributed by atoms with Crippen LogP contribution in [0.3, 0.4) is 0 Å². The molecule has 0 aliphatic carbocycles. The zero-order valence-electron chi connectivity index (χ0n) is 5.83. The summed E-state index contributed by atoms with van der Waals surface area (Å²) in [5, 5.41) is 6.18. The molecule has 54 valence electrons. The maximum absolute atomic E-state index is 10.9. The number of hydrogen-bond acceptors (Lipinski definition) is 3. The molecule has 0 saturated carbocycles. The summed E-state index contributed by atoms with van der Waals surface area (Å²) in [4.78, 5) is 14.6. The Bertz CT molecular complexity index is 242. The molecule has 1 N–H and O–H groups in total. The molecular formula is C5H8N4O. The molecule has 0 saturated heterocycles. The van der Waals surface area contributed by atoms with Crippen molar-refractivity contribution in [2.75, 3.05) is 7.05 Å². The molecule has 5 heteroatoms. The Morgan fingerprint density at radius 1 is 1.80 bits per heavy atom. The Kier molecular flexibility index (Phi) is 1.66. The summed E-state index contributed by atoms with van der Waals surface area (Å²) in [5.41, 5.74) is 0. The first-order valence-electron chi connectivity index (χ1n) is 2.81. The number of aryl methyl sites for hydroxylation is 1. The van der Waals surface area contributed by atoms with Crippen LogP contribution in [-0.2, 0) is 7.05 Å². The van der Waals surface area contributed by atoms with Crippen molar-refractivity contribution in [3.8, 4) is 0 Å². The molecule has 10 heavy (non-hydrogen) atoms. The third-order valence-electron chi connectivity index (χ3n) is 1.14. The van der Waals surface area contributed by atoms with Gasteiger partial charge in [-0.15, -0.1) is 0 Å². The predicted molar refractivity (Wildman–Crippen MR) is 34.4 cm³/mol. The lowest BCUT2D eigenvalue weighted by Gasteiger charge is -1.95. The monoisotopic (exact) mass is 140 g/mol. The molecule has 0 aliphatic rings. The smallest absolute Gasteiger partial charge is 0.288 e. The van der Waals surface area contributed by atoms with Crippen molar-refractivity contribution in [2.24, 2.45) is 7.05 Å². The normalized spacial score (nSPS) is 9.40. The molecule has 1 amide bonds. The fraction of sp³-hybridized carbons (Fsp3) is 0.400. The molecule has 1 aromatic heterocycles. The van der Waals surface area contributed by atoms with Gasteiger partial charge in [-0.2, -0.15) is 5.10 Å². The Labute approximate surface area is 58.1 Å². The second-order valence-corrected chi connectivity index (χ2v) is 1.79. The summed E-state index contributed by atoms with van der Waals surface area (Å²) in [6, 6.07) is 0. The van der Waals surface area contributed by atoms with Gasteiger partial charge in [0.2, 0.25) is 5.82 Å². The summed E-state index contributed by atoms with van der Waals surface area (Å²) in [6.45, 7) is 0. The minimum atomic E-state index is -0.222. The van der Waals surface area contributed by atoms with Crippen LogP contribution >= 0.6 is 0 Å². The molecule has 0 fully saturated rings. The molecule has 0 aliphatic heterocycles. The number of nitrogens with zero attached hydrogens (tertiary/aromatic N) is 3. The molecule has 1 rings (SSSR count). The lowest BCUT2D eigenvalue weighted by molar-refractivity contribution is 0.0948. The van der Waals surface area contributed by atoms with Crippen LogP contribution in [0.4, 0.5) is 0 Å². The highest BCUT2D eigenvalue weighted by molar-refractivity contribution is 5.90. The van der Waals surface area contributed by atoms with Gasteiger partial charge in [0.25, 0.3) is 5.91 Å². The Morgan fingerprint density at radius 2 is 2.50 bits per heavy atom.